The predicted molar refractivity (Wildman–Crippen MR) is 66.2 cm³/mol. The maximum atomic E-state index is 11.9. The topological polar surface area (TPSA) is 55.1 Å². The highest BCUT2D eigenvalue weighted by atomic mass is 32.1. The molecule has 0 aromatic carbocycles. The van der Waals surface area contributed by atoms with Crippen LogP contribution in [-0.4, -0.2) is 10.9 Å². The summed E-state index contributed by atoms with van der Waals surface area (Å²) in [5.74, 6) is 1.50. The molecule has 0 aliphatic rings. The van der Waals surface area contributed by atoms with Crippen LogP contribution in [0.2, 0.25) is 0 Å². The molecule has 2 aromatic rings. The number of rotatable bonds is 3. The third-order valence-electron chi connectivity index (χ3n) is 2.49. The second kappa shape index (κ2) is 4.71. The number of amides is 1. The Hall–Kier alpha value is -1.62. The monoisotopic (exact) mass is 250 g/mol. The fraction of sp³-hybridized carbons (Fsp3) is 0.333. The number of nitrogens with one attached hydrogen (secondary N) is 1. The van der Waals surface area contributed by atoms with E-state index in [0.717, 1.165) is 17.2 Å². The molecule has 5 heteroatoms. The van der Waals surface area contributed by atoms with Crippen molar-refractivity contribution in [2.75, 3.05) is 0 Å². The Bertz CT molecular complexity index is 530. The smallest absolute Gasteiger partial charge is 0.263 e. The standard InChI is InChI=1S/C12H14N2O2S/c1-7-4-5-10(16-7)8(2)14-12(15)11-9(3)13-6-17-11/h4-6,8H,1-3H3,(H,14,15). The third-order valence-corrected chi connectivity index (χ3v) is 3.41. The molecule has 0 radical (unpaired) electrons. The van der Waals surface area contributed by atoms with Crippen LogP contribution in [-0.2, 0) is 0 Å². The lowest BCUT2D eigenvalue weighted by Crippen LogP contribution is -2.26. The first-order valence-corrected chi connectivity index (χ1v) is 6.23. The molecular weight excluding hydrogens is 236 g/mol. The van der Waals surface area contributed by atoms with Crippen molar-refractivity contribution in [2.24, 2.45) is 0 Å². The molecule has 17 heavy (non-hydrogen) atoms. The largest absolute Gasteiger partial charge is 0.464 e. The summed E-state index contributed by atoms with van der Waals surface area (Å²) in [6.45, 7) is 5.60. The molecule has 0 spiro atoms. The minimum atomic E-state index is -0.141. The van der Waals surface area contributed by atoms with Crippen LogP contribution < -0.4 is 5.32 Å². The fourth-order valence-electron chi connectivity index (χ4n) is 1.54. The first kappa shape index (κ1) is 11.9. The van der Waals surface area contributed by atoms with Crippen LogP contribution in [0.3, 0.4) is 0 Å². The molecule has 0 saturated heterocycles. The molecule has 4 nitrogen and oxygen atoms in total. The van der Waals surface area contributed by atoms with Crippen LogP contribution in [0.25, 0.3) is 0 Å². The Morgan fingerprint density at radius 1 is 1.47 bits per heavy atom. The van der Waals surface area contributed by atoms with Crippen LogP contribution in [0.4, 0.5) is 0 Å². The number of aromatic nitrogens is 1. The van der Waals surface area contributed by atoms with E-state index >= 15 is 0 Å². The number of furan rings is 1. The lowest BCUT2D eigenvalue weighted by Gasteiger charge is -2.10. The summed E-state index contributed by atoms with van der Waals surface area (Å²) >= 11 is 1.35. The first-order chi connectivity index (χ1) is 8.08. The quantitative estimate of drug-likeness (QED) is 0.911. The lowest BCUT2D eigenvalue weighted by molar-refractivity contribution is 0.0938. The number of carbonyl (C=O) groups excluding carboxylic acids is 1. The van der Waals surface area contributed by atoms with Gasteiger partial charge in [0.15, 0.2) is 0 Å². The van der Waals surface area contributed by atoms with E-state index in [2.05, 4.69) is 10.3 Å². The van der Waals surface area contributed by atoms with Crippen LogP contribution in [0.1, 0.15) is 39.9 Å². The Labute approximate surface area is 104 Å². The van der Waals surface area contributed by atoms with Gasteiger partial charge in [0.1, 0.15) is 16.4 Å². The molecule has 2 heterocycles. The van der Waals surface area contributed by atoms with Gasteiger partial charge in [-0.25, -0.2) is 4.98 Å². The summed E-state index contributed by atoms with van der Waals surface area (Å²) in [6.07, 6.45) is 0. The number of hydrogen-bond donors (Lipinski definition) is 1. The summed E-state index contributed by atoms with van der Waals surface area (Å²) in [5.41, 5.74) is 2.43. The molecule has 1 atom stereocenters. The van der Waals surface area contributed by atoms with Crippen molar-refractivity contribution in [3.63, 3.8) is 0 Å². The maximum absolute atomic E-state index is 11.9. The van der Waals surface area contributed by atoms with Crippen molar-refractivity contribution < 1.29 is 9.21 Å². The molecule has 0 fully saturated rings. The van der Waals surface area contributed by atoms with Gasteiger partial charge in [0, 0.05) is 0 Å². The summed E-state index contributed by atoms with van der Waals surface area (Å²) in [7, 11) is 0. The number of thiazole rings is 1. The van der Waals surface area contributed by atoms with E-state index in [9.17, 15) is 4.79 Å². The van der Waals surface area contributed by atoms with Crippen molar-refractivity contribution >= 4 is 17.2 Å². The van der Waals surface area contributed by atoms with Crippen LogP contribution in [0.5, 0.6) is 0 Å². The molecule has 2 aromatic heterocycles. The molecule has 1 unspecified atom stereocenters. The fourth-order valence-corrected chi connectivity index (χ4v) is 2.24. The summed E-state index contributed by atoms with van der Waals surface area (Å²) in [6, 6.07) is 3.62. The zero-order chi connectivity index (χ0) is 12.4. The molecule has 90 valence electrons. The lowest BCUT2D eigenvalue weighted by atomic mass is 10.2. The normalized spacial score (nSPS) is 12.4. The highest BCUT2D eigenvalue weighted by Gasteiger charge is 2.16. The molecule has 1 amide bonds. The second-order valence-corrected chi connectivity index (χ2v) is 4.77. The Balaban J connectivity index is 2.07. The van der Waals surface area contributed by atoms with Gasteiger partial charge in [-0.05, 0) is 32.9 Å². The minimum Gasteiger partial charge on any atom is -0.464 e. The van der Waals surface area contributed by atoms with Crippen LogP contribution in [0.15, 0.2) is 22.1 Å². The zero-order valence-corrected chi connectivity index (χ0v) is 10.8. The summed E-state index contributed by atoms with van der Waals surface area (Å²) in [5, 5.41) is 2.89. The van der Waals surface area contributed by atoms with E-state index in [4.69, 9.17) is 4.42 Å². The van der Waals surface area contributed by atoms with E-state index in [1.165, 1.54) is 11.3 Å². The number of nitrogens with zero attached hydrogens (tertiary/aromatic N) is 1. The second-order valence-electron chi connectivity index (χ2n) is 3.91. The molecule has 0 bridgehead atoms. The number of aryl methyl sites for hydroxylation is 2. The van der Waals surface area contributed by atoms with Gasteiger partial charge < -0.3 is 9.73 Å². The van der Waals surface area contributed by atoms with Crippen molar-refractivity contribution in [3.8, 4) is 0 Å². The van der Waals surface area contributed by atoms with Gasteiger partial charge >= 0.3 is 0 Å². The Morgan fingerprint density at radius 2 is 2.24 bits per heavy atom. The third kappa shape index (κ3) is 2.55. The average Bonchev–Trinajstić information content (AvgIpc) is 2.86. The average molecular weight is 250 g/mol. The van der Waals surface area contributed by atoms with Gasteiger partial charge in [-0.1, -0.05) is 0 Å². The van der Waals surface area contributed by atoms with Gasteiger partial charge in [0.05, 0.1) is 17.2 Å². The van der Waals surface area contributed by atoms with Gasteiger partial charge in [-0.2, -0.15) is 0 Å². The van der Waals surface area contributed by atoms with E-state index in [1.807, 2.05) is 32.9 Å². The Kier molecular flexibility index (Phi) is 3.28. The van der Waals surface area contributed by atoms with Crippen LogP contribution >= 0.6 is 11.3 Å². The van der Waals surface area contributed by atoms with Crippen molar-refractivity contribution in [1.82, 2.24) is 10.3 Å². The number of carbonyl (C=O) groups is 1. The summed E-state index contributed by atoms with van der Waals surface area (Å²) in [4.78, 5) is 16.6. The molecule has 1 N–H and O–H groups in total. The van der Waals surface area contributed by atoms with Crippen LogP contribution in [0, 0.1) is 13.8 Å². The maximum Gasteiger partial charge on any atom is 0.263 e. The van der Waals surface area contributed by atoms with Gasteiger partial charge in [0.2, 0.25) is 0 Å². The van der Waals surface area contributed by atoms with E-state index < -0.39 is 0 Å². The van der Waals surface area contributed by atoms with Gasteiger partial charge in [0.25, 0.3) is 5.91 Å². The molecular formula is C12H14N2O2S. The predicted octanol–water partition coefficient (Wildman–Crippen LogP) is 2.84. The van der Waals surface area contributed by atoms with Gasteiger partial charge in [-0.3, -0.25) is 4.79 Å². The van der Waals surface area contributed by atoms with Crippen molar-refractivity contribution in [1.29, 1.82) is 0 Å². The summed E-state index contributed by atoms with van der Waals surface area (Å²) < 4.78 is 5.47. The van der Waals surface area contributed by atoms with E-state index in [-0.39, 0.29) is 11.9 Å². The van der Waals surface area contributed by atoms with E-state index in [0.29, 0.717) is 4.88 Å². The molecule has 0 saturated carbocycles. The highest BCUT2D eigenvalue weighted by molar-refractivity contribution is 7.11. The minimum absolute atomic E-state index is 0.105. The van der Waals surface area contributed by atoms with Crippen molar-refractivity contribution in [3.05, 3.63) is 39.7 Å². The van der Waals surface area contributed by atoms with E-state index in [1.54, 1.807) is 5.51 Å². The molecule has 0 aliphatic heterocycles. The number of hydrogen-bond acceptors (Lipinski definition) is 4. The first-order valence-electron chi connectivity index (χ1n) is 5.35. The van der Waals surface area contributed by atoms with Gasteiger partial charge in [-0.15, -0.1) is 11.3 Å². The SMILES string of the molecule is Cc1ccc(C(C)NC(=O)c2scnc2C)o1. The Morgan fingerprint density at radius 3 is 2.76 bits per heavy atom. The zero-order valence-electron chi connectivity index (χ0n) is 9.98. The molecule has 2 rings (SSSR count). The highest BCUT2D eigenvalue weighted by Crippen LogP contribution is 2.18. The molecule has 0 aliphatic carbocycles. The van der Waals surface area contributed by atoms with Crippen molar-refractivity contribution in [2.45, 2.75) is 26.8 Å².